The maximum absolute atomic E-state index is 13.1. The van der Waals surface area contributed by atoms with Crippen LogP contribution in [-0.2, 0) is 7.05 Å². The van der Waals surface area contributed by atoms with Crippen LogP contribution in [0.5, 0.6) is 0 Å². The summed E-state index contributed by atoms with van der Waals surface area (Å²) in [5.74, 6) is 1.75. The molecular formula is C21H29N7O2. The zero-order valence-electron chi connectivity index (χ0n) is 17.7. The number of nitrogens with one attached hydrogen (secondary N) is 1. The first-order valence-corrected chi connectivity index (χ1v) is 10.7. The highest BCUT2D eigenvalue weighted by Gasteiger charge is 2.32. The van der Waals surface area contributed by atoms with Gasteiger partial charge in [-0.05, 0) is 45.4 Å². The van der Waals surface area contributed by atoms with Crippen molar-refractivity contribution in [2.75, 3.05) is 23.7 Å². The summed E-state index contributed by atoms with van der Waals surface area (Å²) >= 11 is 0. The number of hydrogen-bond acceptors (Lipinski definition) is 6. The summed E-state index contributed by atoms with van der Waals surface area (Å²) in [6.07, 6.45) is 5.64. The molecule has 0 unspecified atom stereocenters. The molecule has 0 bridgehead atoms. The van der Waals surface area contributed by atoms with E-state index in [1.807, 2.05) is 30.9 Å². The van der Waals surface area contributed by atoms with Gasteiger partial charge in [0, 0.05) is 44.0 Å². The third kappa shape index (κ3) is 3.08. The highest BCUT2D eigenvalue weighted by molar-refractivity contribution is 5.97. The van der Waals surface area contributed by atoms with Gasteiger partial charge in [0.25, 0.3) is 5.56 Å². The number of hydrogen-bond donors (Lipinski definition) is 3. The molecule has 2 aliphatic rings. The van der Waals surface area contributed by atoms with Crippen LogP contribution in [0.1, 0.15) is 45.6 Å². The second-order valence-corrected chi connectivity index (χ2v) is 9.19. The molecule has 5 rings (SSSR count). The Kier molecular flexibility index (Phi) is 4.22. The molecule has 1 saturated heterocycles. The molecule has 0 spiro atoms. The molecule has 9 heteroatoms. The predicted molar refractivity (Wildman–Crippen MR) is 116 cm³/mol. The number of piperidine rings is 1. The monoisotopic (exact) mass is 411 g/mol. The topological polar surface area (TPSA) is 118 Å². The lowest BCUT2D eigenvalue weighted by Gasteiger charge is -2.36. The van der Waals surface area contributed by atoms with E-state index in [9.17, 15) is 9.90 Å². The van der Waals surface area contributed by atoms with E-state index < -0.39 is 5.60 Å². The number of aliphatic hydroxyl groups is 1. The van der Waals surface area contributed by atoms with E-state index in [2.05, 4.69) is 22.0 Å². The van der Waals surface area contributed by atoms with Crippen molar-refractivity contribution in [3.63, 3.8) is 0 Å². The van der Waals surface area contributed by atoms with Crippen molar-refractivity contribution < 1.29 is 5.11 Å². The first-order chi connectivity index (χ1) is 14.2. The molecule has 1 atom stereocenters. The van der Waals surface area contributed by atoms with E-state index in [0.717, 1.165) is 55.8 Å². The van der Waals surface area contributed by atoms with Gasteiger partial charge in [-0.15, -0.1) is 0 Å². The smallest absolute Gasteiger partial charge is 0.264 e. The van der Waals surface area contributed by atoms with Crippen molar-refractivity contribution in [3.8, 4) is 11.3 Å². The molecule has 0 aromatic carbocycles. The van der Waals surface area contributed by atoms with Crippen molar-refractivity contribution in [1.82, 2.24) is 24.5 Å². The molecule has 1 aliphatic heterocycles. The summed E-state index contributed by atoms with van der Waals surface area (Å²) in [5, 5.41) is 22.5. The minimum absolute atomic E-state index is 0.103. The first kappa shape index (κ1) is 19.2. The highest BCUT2D eigenvalue weighted by Crippen LogP contribution is 2.40. The molecule has 1 saturated carbocycles. The van der Waals surface area contributed by atoms with E-state index in [-0.39, 0.29) is 17.4 Å². The summed E-state index contributed by atoms with van der Waals surface area (Å²) < 4.78 is 3.66. The quantitative estimate of drug-likeness (QED) is 0.605. The summed E-state index contributed by atoms with van der Waals surface area (Å²) in [7, 11) is 1.92. The van der Waals surface area contributed by atoms with Crippen LogP contribution >= 0.6 is 0 Å². The second-order valence-electron chi connectivity index (χ2n) is 9.19. The SMILES string of the molecule is C[C@@H](C1CC1)n1cc(-c2cc(N3CCC(C)(O)CC3)n(C)n2)c2[nH]nc(N)c2c1=O. The number of nitrogens with two attached hydrogens (primary N) is 1. The fraction of sp³-hybridized carbons (Fsp3) is 0.571. The molecule has 1 aliphatic carbocycles. The number of fused-ring (bicyclic) bond motifs is 1. The number of H-pyrrole nitrogens is 1. The number of nitrogen functional groups attached to an aromatic ring is 1. The van der Waals surface area contributed by atoms with Crippen LogP contribution in [0.15, 0.2) is 17.1 Å². The van der Waals surface area contributed by atoms with E-state index in [1.54, 1.807) is 4.57 Å². The number of nitrogens with zero attached hydrogens (tertiary/aromatic N) is 5. The van der Waals surface area contributed by atoms with E-state index >= 15 is 0 Å². The van der Waals surface area contributed by atoms with Crippen LogP contribution in [0.4, 0.5) is 11.6 Å². The van der Waals surface area contributed by atoms with Crippen molar-refractivity contribution >= 4 is 22.5 Å². The maximum Gasteiger partial charge on any atom is 0.264 e. The molecule has 4 N–H and O–H groups in total. The van der Waals surface area contributed by atoms with Crippen LogP contribution in [0.3, 0.4) is 0 Å². The third-order valence-electron chi connectivity index (χ3n) is 6.82. The molecule has 3 aromatic heterocycles. The minimum atomic E-state index is -0.605. The highest BCUT2D eigenvalue weighted by atomic mass is 16.3. The Morgan fingerprint density at radius 3 is 2.70 bits per heavy atom. The van der Waals surface area contributed by atoms with Crippen LogP contribution in [0.25, 0.3) is 22.2 Å². The van der Waals surface area contributed by atoms with Gasteiger partial charge in [0.05, 0.1) is 16.8 Å². The maximum atomic E-state index is 13.1. The van der Waals surface area contributed by atoms with Gasteiger partial charge in [-0.3, -0.25) is 14.6 Å². The first-order valence-electron chi connectivity index (χ1n) is 10.7. The number of pyridine rings is 1. The fourth-order valence-corrected chi connectivity index (χ4v) is 4.56. The van der Waals surface area contributed by atoms with Gasteiger partial charge in [0.1, 0.15) is 11.2 Å². The van der Waals surface area contributed by atoms with E-state index in [0.29, 0.717) is 16.8 Å². The lowest BCUT2D eigenvalue weighted by Crippen LogP contribution is -2.43. The van der Waals surface area contributed by atoms with Gasteiger partial charge in [0.15, 0.2) is 5.82 Å². The van der Waals surface area contributed by atoms with E-state index in [1.165, 1.54) is 0 Å². The molecule has 3 aromatic rings. The molecule has 30 heavy (non-hydrogen) atoms. The van der Waals surface area contributed by atoms with Gasteiger partial charge in [0.2, 0.25) is 0 Å². The third-order valence-corrected chi connectivity index (χ3v) is 6.82. The van der Waals surface area contributed by atoms with Crippen molar-refractivity contribution in [3.05, 3.63) is 22.6 Å². The fourth-order valence-electron chi connectivity index (χ4n) is 4.56. The molecular weight excluding hydrogens is 382 g/mol. The molecule has 2 fully saturated rings. The van der Waals surface area contributed by atoms with Crippen LogP contribution in [0, 0.1) is 5.92 Å². The normalized spacial score (nSPS) is 20.1. The van der Waals surface area contributed by atoms with Gasteiger partial charge in [-0.1, -0.05) is 0 Å². The molecule has 9 nitrogen and oxygen atoms in total. The summed E-state index contributed by atoms with van der Waals surface area (Å²) in [5.41, 5.74) is 7.57. The Balaban J connectivity index is 1.60. The lowest BCUT2D eigenvalue weighted by molar-refractivity contribution is 0.0349. The Bertz CT molecular complexity index is 1160. The Morgan fingerprint density at radius 1 is 1.33 bits per heavy atom. The predicted octanol–water partition coefficient (Wildman–Crippen LogP) is 2.03. The summed E-state index contributed by atoms with van der Waals surface area (Å²) in [6.45, 7) is 5.53. The van der Waals surface area contributed by atoms with Crippen molar-refractivity contribution in [2.24, 2.45) is 13.0 Å². The van der Waals surface area contributed by atoms with Gasteiger partial charge >= 0.3 is 0 Å². The number of aryl methyl sites for hydroxylation is 1. The molecule has 4 heterocycles. The Labute approximate surface area is 174 Å². The summed E-state index contributed by atoms with van der Waals surface area (Å²) in [4.78, 5) is 15.4. The number of aromatic nitrogens is 5. The molecule has 160 valence electrons. The zero-order valence-corrected chi connectivity index (χ0v) is 17.7. The van der Waals surface area contributed by atoms with Gasteiger partial charge < -0.3 is 20.3 Å². The standard InChI is InChI=1S/C21H29N7O2/c1-12(13-4-5-13)28-11-14(18-17(20(28)29)19(22)24-23-18)15-10-16(26(3)25-15)27-8-6-21(2,30)7-9-27/h10-13,30H,4-9H2,1-3H3,(H3,22,23,24)/t12-/m0/s1. The molecule has 0 radical (unpaired) electrons. The van der Waals surface area contributed by atoms with Crippen molar-refractivity contribution in [2.45, 2.75) is 51.2 Å². The van der Waals surface area contributed by atoms with E-state index in [4.69, 9.17) is 10.8 Å². The second kappa shape index (κ2) is 6.60. The number of aromatic amines is 1. The van der Waals surface area contributed by atoms with Gasteiger partial charge in [-0.25, -0.2) is 0 Å². The van der Waals surface area contributed by atoms with Crippen LogP contribution in [0.2, 0.25) is 0 Å². The Morgan fingerprint density at radius 2 is 2.03 bits per heavy atom. The Hall–Kier alpha value is -2.81. The number of anilines is 2. The molecule has 0 amide bonds. The minimum Gasteiger partial charge on any atom is -0.390 e. The van der Waals surface area contributed by atoms with Crippen LogP contribution < -0.4 is 16.2 Å². The average Bonchev–Trinajstić information content (AvgIpc) is 3.38. The van der Waals surface area contributed by atoms with Crippen LogP contribution in [-0.4, -0.2) is 48.3 Å². The lowest BCUT2D eigenvalue weighted by atomic mass is 9.94. The number of rotatable bonds is 4. The average molecular weight is 412 g/mol. The summed E-state index contributed by atoms with van der Waals surface area (Å²) in [6, 6.07) is 2.16. The largest absolute Gasteiger partial charge is 0.390 e. The van der Waals surface area contributed by atoms with Crippen molar-refractivity contribution in [1.29, 1.82) is 0 Å². The zero-order chi connectivity index (χ0) is 21.2. The van der Waals surface area contributed by atoms with Gasteiger partial charge in [-0.2, -0.15) is 10.2 Å².